The molecule has 9 nitrogen and oxygen atoms in total. The molecule has 1 atom stereocenters. The lowest BCUT2D eigenvalue weighted by Crippen LogP contribution is -2.40. The van der Waals surface area contributed by atoms with Gasteiger partial charge in [0.2, 0.25) is 0 Å². The number of nitrogens with zero attached hydrogens (tertiary/aromatic N) is 4. The molecule has 1 aliphatic rings. The maximum absolute atomic E-state index is 13.0. The van der Waals surface area contributed by atoms with Crippen LogP contribution in [-0.2, 0) is 4.74 Å². The van der Waals surface area contributed by atoms with Crippen LogP contribution in [0.2, 0.25) is 0 Å². The lowest BCUT2D eigenvalue weighted by atomic mass is 9.89. The molecule has 3 rings (SSSR count). The van der Waals surface area contributed by atoms with Gasteiger partial charge in [0.25, 0.3) is 11.5 Å². The normalized spacial score (nSPS) is 14.5. The average Bonchev–Trinajstić information content (AvgIpc) is 2.74. The molecule has 1 heterocycles. The molecule has 0 radical (unpaired) electrons. The van der Waals surface area contributed by atoms with Crippen LogP contribution in [0.3, 0.4) is 0 Å². The van der Waals surface area contributed by atoms with Crippen LogP contribution in [0, 0.1) is 10.1 Å². The summed E-state index contributed by atoms with van der Waals surface area (Å²) in [5, 5.41) is 11.4. The van der Waals surface area contributed by atoms with E-state index in [4.69, 9.17) is 4.74 Å². The number of hydrogen-bond donors (Lipinski definition) is 0. The Kier molecular flexibility index (Phi) is 5.61. The van der Waals surface area contributed by atoms with Gasteiger partial charge in [-0.1, -0.05) is 42.5 Å². The van der Waals surface area contributed by atoms with E-state index >= 15 is 0 Å². The molecule has 0 fully saturated rings. The number of fused-ring (bicyclic) bond motifs is 1. The van der Waals surface area contributed by atoms with Crippen LogP contribution < -0.4 is 0 Å². The Bertz CT molecular complexity index is 1060. The van der Waals surface area contributed by atoms with Crippen molar-refractivity contribution in [3.8, 4) is 0 Å². The summed E-state index contributed by atoms with van der Waals surface area (Å²) in [6.07, 6.45) is 1.89. The first kappa shape index (κ1) is 19.7. The van der Waals surface area contributed by atoms with Gasteiger partial charge in [0.1, 0.15) is 0 Å². The van der Waals surface area contributed by atoms with E-state index in [-0.39, 0.29) is 34.7 Å². The Balaban J connectivity index is 2.18. The largest absolute Gasteiger partial charge is 0.449 e. The molecule has 146 valence electrons. The summed E-state index contributed by atoms with van der Waals surface area (Å²) < 4.78 is 5.04. The Morgan fingerprint density at radius 2 is 1.93 bits per heavy atom. The van der Waals surface area contributed by atoms with Crippen LogP contribution in [0.5, 0.6) is 0 Å². The van der Waals surface area contributed by atoms with Crippen LogP contribution >= 0.6 is 0 Å². The molecule has 1 amide bonds. The number of amides is 1. The van der Waals surface area contributed by atoms with Gasteiger partial charge in [-0.25, -0.2) is 4.79 Å². The van der Waals surface area contributed by atoms with Crippen LogP contribution in [0.4, 0.5) is 10.5 Å². The van der Waals surface area contributed by atoms with Gasteiger partial charge in [0.15, 0.2) is 6.04 Å². The minimum absolute atomic E-state index is 0.0793. The smallest absolute Gasteiger partial charge is 0.414 e. The maximum atomic E-state index is 13.0. The monoisotopic (exact) mass is 392 g/mol. The van der Waals surface area contributed by atoms with E-state index in [1.54, 1.807) is 25.1 Å². The zero-order chi connectivity index (χ0) is 21.0. The quantitative estimate of drug-likeness (QED) is 0.192. The zero-order valence-corrected chi connectivity index (χ0v) is 15.4. The van der Waals surface area contributed by atoms with Crippen LogP contribution in [0.1, 0.15) is 34.5 Å². The Morgan fingerprint density at radius 1 is 1.21 bits per heavy atom. The van der Waals surface area contributed by atoms with Crippen molar-refractivity contribution in [2.45, 2.75) is 13.0 Å². The van der Waals surface area contributed by atoms with Crippen molar-refractivity contribution in [2.75, 3.05) is 6.61 Å². The molecular weight excluding hydrogens is 376 g/mol. The Labute approximate surface area is 165 Å². The second-order valence-electron chi connectivity index (χ2n) is 6.04. The van der Waals surface area contributed by atoms with Crippen LogP contribution in [0.15, 0.2) is 54.7 Å². The molecule has 0 saturated carbocycles. The predicted molar refractivity (Wildman–Crippen MR) is 103 cm³/mol. The first-order valence-electron chi connectivity index (χ1n) is 8.71. The van der Waals surface area contributed by atoms with E-state index in [1.807, 2.05) is 0 Å². The minimum Gasteiger partial charge on any atom is -0.449 e. The number of benzene rings is 2. The number of rotatable bonds is 5. The number of Topliss-reactive ketones (excluding diaryl/α,β-unsaturated/α-hetero) is 1. The molecular formula is C20H16N4O5. The third-order valence-electron chi connectivity index (χ3n) is 4.40. The highest BCUT2D eigenvalue weighted by Crippen LogP contribution is 2.37. The summed E-state index contributed by atoms with van der Waals surface area (Å²) in [6, 6.07) is 11.2. The first-order chi connectivity index (χ1) is 14.0. The number of nitro groups is 1. The van der Waals surface area contributed by atoms with Gasteiger partial charge in [-0.15, -0.1) is 0 Å². The van der Waals surface area contributed by atoms with Crippen molar-refractivity contribution < 1.29 is 24.0 Å². The molecule has 0 aromatic heterocycles. The third-order valence-corrected chi connectivity index (χ3v) is 4.40. The summed E-state index contributed by atoms with van der Waals surface area (Å²) in [6.45, 7) is 1.70. The SMILES string of the molecule is CCOC(=O)N1C=Cc2c(cccc2[N+](=O)[O-])C1C(=[N+]=[N-])C(=O)c1ccccc1. The number of ether oxygens (including phenoxy) is 1. The highest BCUT2D eigenvalue weighted by Gasteiger charge is 2.43. The van der Waals surface area contributed by atoms with Crippen LogP contribution in [0.25, 0.3) is 11.6 Å². The molecule has 0 N–H and O–H groups in total. The second kappa shape index (κ2) is 8.28. The molecule has 9 heteroatoms. The lowest BCUT2D eigenvalue weighted by molar-refractivity contribution is -0.385. The third kappa shape index (κ3) is 3.67. The van der Waals surface area contributed by atoms with E-state index in [9.17, 15) is 25.2 Å². The topological polar surface area (TPSA) is 126 Å². The molecule has 2 aromatic rings. The van der Waals surface area contributed by atoms with Gasteiger partial charge < -0.3 is 10.3 Å². The van der Waals surface area contributed by atoms with E-state index in [1.165, 1.54) is 42.6 Å². The Hall–Kier alpha value is -4.10. The Morgan fingerprint density at radius 3 is 2.55 bits per heavy atom. The van der Waals surface area contributed by atoms with Crippen molar-refractivity contribution in [2.24, 2.45) is 0 Å². The van der Waals surface area contributed by atoms with Gasteiger partial charge in [-0.3, -0.25) is 19.8 Å². The van der Waals surface area contributed by atoms with Gasteiger partial charge in [-0.05, 0) is 13.0 Å². The molecule has 0 aliphatic carbocycles. The average molecular weight is 392 g/mol. The minimum atomic E-state index is -1.20. The zero-order valence-electron chi connectivity index (χ0n) is 15.4. The van der Waals surface area contributed by atoms with E-state index in [2.05, 4.69) is 4.79 Å². The van der Waals surface area contributed by atoms with E-state index in [0.29, 0.717) is 0 Å². The van der Waals surface area contributed by atoms with Crippen molar-refractivity contribution >= 4 is 29.4 Å². The highest BCUT2D eigenvalue weighted by atomic mass is 16.6. The maximum Gasteiger partial charge on any atom is 0.414 e. The predicted octanol–water partition coefficient (Wildman–Crippen LogP) is 3.63. The van der Waals surface area contributed by atoms with Gasteiger partial charge in [0.05, 0.1) is 17.1 Å². The number of hydrogen-bond acceptors (Lipinski definition) is 5. The van der Waals surface area contributed by atoms with Gasteiger partial charge >= 0.3 is 11.8 Å². The number of carbonyl (C=O) groups is 2. The summed E-state index contributed by atoms with van der Waals surface area (Å²) in [4.78, 5) is 40.6. The van der Waals surface area contributed by atoms with Crippen molar-refractivity contribution in [3.63, 3.8) is 0 Å². The van der Waals surface area contributed by atoms with Crippen molar-refractivity contribution in [1.29, 1.82) is 0 Å². The number of carbonyl (C=O) groups excluding carboxylic acids is 2. The molecule has 29 heavy (non-hydrogen) atoms. The molecule has 0 bridgehead atoms. The van der Waals surface area contributed by atoms with Crippen molar-refractivity contribution in [1.82, 2.24) is 4.90 Å². The molecule has 1 unspecified atom stereocenters. The fourth-order valence-electron chi connectivity index (χ4n) is 3.15. The van der Waals surface area contributed by atoms with E-state index < -0.39 is 22.8 Å². The summed E-state index contributed by atoms with van der Waals surface area (Å²) in [5.74, 6) is -0.625. The lowest BCUT2D eigenvalue weighted by Gasteiger charge is -2.29. The second-order valence-corrected chi connectivity index (χ2v) is 6.04. The van der Waals surface area contributed by atoms with Crippen molar-refractivity contribution in [3.05, 3.63) is 87.1 Å². The molecule has 2 aromatic carbocycles. The number of nitro benzene ring substituents is 1. The van der Waals surface area contributed by atoms with Gasteiger partial charge in [0, 0.05) is 23.4 Å². The number of ketones is 1. The first-order valence-corrected chi connectivity index (χ1v) is 8.71. The fourth-order valence-corrected chi connectivity index (χ4v) is 3.15. The summed E-state index contributed by atoms with van der Waals surface area (Å²) in [5.41, 5.74) is 9.84. The highest BCUT2D eigenvalue weighted by molar-refractivity contribution is 6.45. The molecule has 1 aliphatic heterocycles. The van der Waals surface area contributed by atoms with Gasteiger partial charge in [-0.2, -0.15) is 4.79 Å². The fraction of sp³-hybridized carbons (Fsp3) is 0.150. The van der Waals surface area contributed by atoms with Crippen LogP contribution in [-0.4, -0.2) is 38.8 Å². The summed E-state index contributed by atoms with van der Waals surface area (Å²) >= 11 is 0. The summed E-state index contributed by atoms with van der Waals surface area (Å²) in [7, 11) is 0. The standard InChI is InChI=1S/C20H16N4O5/c1-2-29-20(26)23-12-11-14-15(9-6-10-16(14)24(27)28)18(23)17(22-21)19(25)13-7-4-3-5-8-13/h3-12,18H,2H2,1H3. The molecule has 0 saturated heterocycles. The van der Waals surface area contributed by atoms with E-state index in [0.717, 1.165) is 4.90 Å². The molecule has 0 spiro atoms.